The van der Waals surface area contributed by atoms with Crippen molar-refractivity contribution < 1.29 is 0 Å². The number of hydrogen-bond donors (Lipinski definition) is 1. The summed E-state index contributed by atoms with van der Waals surface area (Å²) in [4.78, 5) is 3.34. The Morgan fingerprint density at radius 2 is 1.48 bits per heavy atom. The summed E-state index contributed by atoms with van der Waals surface area (Å²) in [7, 11) is 0. The minimum atomic E-state index is 1.19. The maximum absolute atomic E-state index is 3.34. The maximum atomic E-state index is 3.34. The van der Waals surface area contributed by atoms with Gasteiger partial charge in [-0.05, 0) is 48.2 Å². The Morgan fingerprint density at radius 3 is 2.10 bits per heavy atom. The van der Waals surface area contributed by atoms with Gasteiger partial charge in [-0.2, -0.15) is 0 Å². The molecule has 0 saturated heterocycles. The number of aryl methyl sites for hydroxylation is 2. The second kappa shape index (κ2) is 6.94. The van der Waals surface area contributed by atoms with Gasteiger partial charge < -0.3 is 4.98 Å². The molecule has 3 rings (SSSR count). The molecule has 0 amide bonds. The quantitative estimate of drug-likeness (QED) is 0.592. The molecule has 0 unspecified atom stereocenters. The molecule has 1 heterocycles. The highest BCUT2D eigenvalue weighted by molar-refractivity contribution is 5.74. The fourth-order valence-electron chi connectivity index (χ4n) is 2.38. The Kier molecular flexibility index (Phi) is 4.99. The molecule has 0 aliphatic rings. The molecule has 3 aromatic rings. The SMILES string of the molecule is CC.Cc1c[nH]c(-c2cc(-c3ccccc3)ccc2C)c1. The van der Waals surface area contributed by atoms with Gasteiger partial charge in [0.1, 0.15) is 0 Å². The highest BCUT2D eigenvalue weighted by Gasteiger charge is 2.06. The Balaban J connectivity index is 0.000000774. The Labute approximate surface area is 127 Å². The fourth-order valence-corrected chi connectivity index (χ4v) is 2.38. The zero-order chi connectivity index (χ0) is 15.2. The van der Waals surface area contributed by atoms with Gasteiger partial charge in [-0.15, -0.1) is 0 Å². The summed E-state index contributed by atoms with van der Waals surface area (Å²) in [5.41, 5.74) is 7.53. The van der Waals surface area contributed by atoms with Gasteiger partial charge in [-0.3, -0.25) is 0 Å². The number of aromatic amines is 1. The summed E-state index contributed by atoms with van der Waals surface area (Å²) in [6, 6.07) is 19.3. The molecule has 1 N–H and O–H groups in total. The number of hydrogen-bond acceptors (Lipinski definition) is 0. The Bertz CT molecular complexity index is 693. The minimum Gasteiger partial charge on any atom is -0.361 e. The summed E-state index contributed by atoms with van der Waals surface area (Å²) < 4.78 is 0. The minimum absolute atomic E-state index is 1.19. The smallest absolute Gasteiger partial charge is 0.0459 e. The van der Waals surface area contributed by atoms with Crippen LogP contribution in [0.5, 0.6) is 0 Å². The third-order valence-corrected chi connectivity index (χ3v) is 3.46. The molecular formula is C20H23N. The summed E-state index contributed by atoms with van der Waals surface area (Å²) in [6.45, 7) is 8.26. The average Bonchev–Trinajstić information content (AvgIpc) is 2.97. The lowest BCUT2D eigenvalue weighted by Crippen LogP contribution is -1.85. The van der Waals surface area contributed by atoms with Gasteiger partial charge in [0.2, 0.25) is 0 Å². The maximum Gasteiger partial charge on any atom is 0.0459 e. The number of aromatic nitrogens is 1. The highest BCUT2D eigenvalue weighted by Crippen LogP contribution is 2.28. The van der Waals surface area contributed by atoms with Gasteiger partial charge in [-0.25, -0.2) is 0 Å². The van der Waals surface area contributed by atoms with Crippen LogP contribution < -0.4 is 0 Å². The normalized spacial score (nSPS) is 9.90. The predicted octanol–water partition coefficient (Wildman–Crippen LogP) is 5.99. The van der Waals surface area contributed by atoms with Crippen LogP contribution in [-0.2, 0) is 0 Å². The lowest BCUT2D eigenvalue weighted by atomic mass is 9.98. The molecule has 1 aromatic heterocycles. The van der Waals surface area contributed by atoms with Crippen LogP contribution in [0.25, 0.3) is 22.4 Å². The van der Waals surface area contributed by atoms with Crippen LogP contribution in [0.2, 0.25) is 0 Å². The van der Waals surface area contributed by atoms with E-state index in [0.717, 1.165) is 0 Å². The van der Waals surface area contributed by atoms with Crippen molar-refractivity contribution in [3.63, 3.8) is 0 Å². The molecule has 21 heavy (non-hydrogen) atoms. The summed E-state index contributed by atoms with van der Waals surface area (Å²) >= 11 is 0. The first-order valence-corrected chi connectivity index (χ1v) is 7.55. The molecule has 0 aliphatic carbocycles. The summed E-state index contributed by atoms with van der Waals surface area (Å²) in [5.74, 6) is 0. The Hall–Kier alpha value is -2.28. The zero-order valence-corrected chi connectivity index (χ0v) is 13.3. The summed E-state index contributed by atoms with van der Waals surface area (Å²) in [5, 5.41) is 0. The number of nitrogens with one attached hydrogen (secondary N) is 1. The molecule has 108 valence electrons. The van der Waals surface area contributed by atoms with Crippen molar-refractivity contribution in [3.8, 4) is 22.4 Å². The van der Waals surface area contributed by atoms with E-state index in [-0.39, 0.29) is 0 Å². The molecule has 0 aliphatic heterocycles. The zero-order valence-electron chi connectivity index (χ0n) is 13.3. The monoisotopic (exact) mass is 277 g/mol. The van der Waals surface area contributed by atoms with E-state index in [1.54, 1.807) is 0 Å². The van der Waals surface area contributed by atoms with E-state index >= 15 is 0 Å². The van der Waals surface area contributed by atoms with Crippen molar-refractivity contribution in [2.45, 2.75) is 27.7 Å². The van der Waals surface area contributed by atoms with Gasteiger partial charge >= 0.3 is 0 Å². The Morgan fingerprint density at radius 1 is 0.762 bits per heavy atom. The van der Waals surface area contributed by atoms with Gasteiger partial charge in [-0.1, -0.05) is 56.3 Å². The van der Waals surface area contributed by atoms with E-state index in [9.17, 15) is 0 Å². The van der Waals surface area contributed by atoms with Gasteiger partial charge in [0.05, 0.1) is 0 Å². The van der Waals surface area contributed by atoms with E-state index < -0.39 is 0 Å². The molecule has 2 aromatic carbocycles. The molecule has 0 atom stereocenters. The first-order chi connectivity index (χ1) is 10.2. The molecular weight excluding hydrogens is 254 g/mol. The predicted molar refractivity (Wildman–Crippen MR) is 92.5 cm³/mol. The van der Waals surface area contributed by atoms with E-state index in [0.29, 0.717) is 0 Å². The average molecular weight is 277 g/mol. The van der Waals surface area contributed by atoms with Crippen LogP contribution in [-0.4, -0.2) is 4.98 Å². The highest BCUT2D eigenvalue weighted by atomic mass is 14.7. The van der Waals surface area contributed by atoms with Crippen LogP contribution >= 0.6 is 0 Å². The number of H-pyrrole nitrogens is 1. The second-order valence-electron chi connectivity index (χ2n) is 4.99. The largest absolute Gasteiger partial charge is 0.361 e. The lowest BCUT2D eigenvalue weighted by molar-refractivity contribution is 1.36. The van der Waals surface area contributed by atoms with Crippen LogP contribution in [0.15, 0.2) is 60.8 Å². The van der Waals surface area contributed by atoms with Gasteiger partial charge in [0.25, 0.3) is 0 Å². The third kappa shape index (κ3) is 3.43. The van der Waals surface area contributed by atoms with Crippen LogP contribution in [0.4, 0.5) is 0 Å². The van der Waals surface area contributed by atoms with Crippen molar-refractivity contribution in [2.75, 3.05) is 0 Å². The van der Waals surface area contributed by atoms with Gasteiger partial charge in [0, 0.05) is 17.5 Å². The van der Waals surface area contributed by atoms with Gasteiger partial charge in [0.15, 0.2) is 0 Å². The standard InChI is InChI=1S/C18H17N.C2H6/c1-13-10-18(19-12-13)17-11-16(9-8-14(17)2)15-6-4-3-5-7-15;1-2/h3-12,19H,1-2H3;1-2H3. The van der Waals surface area contributed by atoms with E-state index in [4.69, 9.17) is 0 Å². The van der Waals surface area contributed by atoms with Crippen molar-refractivity contribution in [3.05, 3.63) is 71.9 Å². The fraction of sp³-hybridized carbons (Fsp3) is 0.200. The molecule has 0 radical (unpaired) electrons. The third-order valence-electron chi connectivity index (χ3n) is 3.46. The number of rotatable bonds is 2. The molecule has 0 saturated carbocycles. The van der Waals surface area contributed by atoms with E-state index in [1.807, 2.05) is 26.1 Å². The lowest BCUT2D eigenvalue weighted by Gasteiger charge is -2.08. The molecule has 0 spiro atoms. The number of benzene rings is 2. The van der Waals surface area contributed by atoms with Crippen LogP contribution in [0.1, 0.15) is 25.0 Å². The van der Waals surface area contributed by atoms with E-state index in [1.165, 1.54) is 33.5 Å². The molecule has 1 heteroatoms. The van der Waals surface area contributed by atoms with Crippen molar-refractivity contribution in [1.82, 2.24) is 4.98 Å². The second-order valence-corrected chi connectivity index (χ2v) is 4.99. The van der Waals surface area contributed by atoms with Crippen LogP contribution in [0, 0.1) is 13.8 Å². The first-order valence-electron chi connectivity index (χ1n) is 7.55. The molecule has 1 nitrogen and oxygen atoms in total. The first kappa shape index (κ1) is 15.1. The topological polar surface area (TPSA) is 15.8 Å². The van der Waals surface area contributed by atoms with E-state index in [2.05, 4.69) is 67.4 Å². The molecule has 0 bridgehead atoms. The van der Waals surface area contributed by atoms with Crippen LogP contribution in [0.3, 0.4) is 0 Å². The summed E-state index contributed by atoms with van der Waals surface area (Å²) in [6.07, 6.45) is 2.05. The van der Waals surface area contributed by atoms with Crippen molar-refractivity contribution >= 4 is 0 Å². The molecule has 0 fully saturated rings. The van der Waals surface area contributed by atoms with Crippen molar-refractivity contribution in [2.24, 2.45) is 0 Å². The van der Waals surface area contributed by atoms with Crippen molar-refractivity contribution in [1.29, 1.82) is 0 Å².